The van der Waals surface area contributed by atoms with Crippen molar-refractivity contribution in [3.63, 3.8) is 0 Å². The molecule has 1 aliphatic rings. The summed E-state index contributed by atoms with van der Waals surface area (Å²) in [4.78, 5) is 0. The molecule has 0 saturated heterocycles. The molecule has 0 radical (unpaired) electrons. The number of allylic oxidation sites excluding steroid dienone is 1. The van der Waals surface area contributed by atoms with Gasteiger partial charge in [-0.1, -0.05) is 84.9 Å². The van der Waals surface area contributed by atoms with Crippen molar-refractivity contribution < 1.29 is 9.47 Å². The third kappa shape index (κ3) is 5.71. The van der Waals surface area contributed by atoms with E-state index in [0.29, 0.717) is 18.4 Å². The fourth-order valence-corrected chi connectivity index (χ4v) is 5.29. The molecule has 4 aromatic carbocycles. The highest BCUT2D eigenvalue weighted by Gasteiger charge is 2.32. The topological polar surface area (TPSA) is 18.5 Å². The van der Waals surface area contributed by atoms with E-state index in [0.717, 1.165) is 43.8 Å². The average Bonchev–Trinajstić information content (AvgIpc) is 2.95. The van der Waals surface area contributed by atoms with Gasteiger partial charge in [0.05, 0.1) is 6.61 Å². The van der Waals surface area contributed by atoms with Gasteiger partial charge in [-0.2, -0.15) is 0 Å². The molecule has 0 spiro atoms. The number of aryl methyl sites for hydroxylation is 1. The Kier molecular flexibility index (Phi) is 7.83. The SMILES string of the molecule is C=CCCCOc1ccc([C@@H]2c3ccc(OCc4ccccc4)cc3CC[C@@H]2c2ccccc2)cc1. The van der Waals surface area contributed by atoms with E-state index < -0.39 is 0 Å². The second kappa shape index (κ2) is 11.8. The summed E-state index contributed by atoms with van der Waals surface area (Å²) in [5, 5.41) is 0. The number of hydrogen-bond donors (Lipinski definition) is 0. The lowest BCUT2D eigenvalue weighted by Crippen LogP contribution is -2.20. The van der Waals surface area contributed by atoms with E-state index in [1.807, 2.05) is 12.1 Å². The Bertz CT molecular complexity index is 1250. The second-order valence-corrected chi connectivity index (χ2v) is 9.52. The molecule has 0 unspecified atom stereocenters. The zero-order valence-electron chi connectivity index (χ0n) is 20.8. The van der Waals surface area contributed by atoms with Gasteiger partial charge in [0.2, 0.25) is 0 Å². The number of unbranched alkanes of at least 4 members (excludes halogenated alkanes) is 1. The predicted octanol–water partition coefficient (Wildman–Crippen LogP) is 8.47. The molecule has 2 heteroatoms. The van der Waals surface area contributed by atoms with Crippen LogP contribution >= 0.6 is 0 Å². The summed E-state index contributed by atoms with van der Waals surface area (Å²) in [7, 11) is 0. The first kappa shape index (κ1) is 23.9. The van der Waals surface area contributed by atoms with E-state index >= 15 is 0 Å². The minimum atomic E-state index is 0.300. The van der Waals surface area contributed by atoms with Crippen molar-refractivity contribution in [2.24, 2.45) is 0 Å². The molecule has 182 valence electrons. The average molecular weight is 475 g/mol. The molecule has 0 N–H and O–H groups in total. The van der Waals surface area contributed by atoms with Gasteiger partial charge in [0.1, 0.15) is 18.1 Å². The molecule has 1 aliphatic carbocycles. The van der Waals surface area contributed by atoms with E-state index in [4.69, 9.17) is 9.47 Å². The fourth-order valence-electron chi connectivity index (χ4n) is 5.29. The molecule has 5 rings (SSSR count). The first-order valence-corrected chi connectivity index (χ1v) is 13.0. The van der Waals surface area contributed by atoms with Gasteiger partial charge in [-0.25, -0.2) is 0 Å². The summed E-state index contributed by atoms with van der Waals surface area (Å²) in [5.41, 5.74) is 6.72. The molecular weight excluding hydrogens is 440 g/mol. The maximum absolute atomic E-state index is 6.16. The van der Waals surface area contributed by atoms with Gasteiger partial charge in [0.25, 0.3) is 0 Å². The molecule has 2 nitrogen and oxygen atoms in total. The maximum atomic E-state index is 6.16. The molecule has 0 aliphatic heterocycles. The lowest BCUT2D eigenvalue weighted by atomic mass is 9.69. The molecule has 36 heavy (non-hydrogen) atoms. The normalized spacial score (nSPS) is 16.7. The fraction of sp³-hybridized carbons (Fsp3) is 0.235. The Morgan fingerprint density at radius 1 is 0.750 bits per heavy atom. The second-order valence-electron chi connectivity index (χ2n) is 9.52. The highest BCUT2D eigenvalue weighted by Crippen LogP contribution is 2.47. The van der Waals surface area contributed by atoms with Crippen molar-refractivity contribution in [1.82, 2.24) is 0 Å². The summed E-state index contributed by atoms with van der Waals surface area (Å²) in [6, 6.07) is 36.7. The number of benzene rings is 4. The Hall–Kier alpha value is -3.78. The molecule has 4 aromatic rings. The molecule has 0 amide bonds. The van der Waals surface area contributed by atoms with Crippen LogP contribution in [0.4, 0.5) is 0 Å². The minimum Gasteiger partial charge on any atom is -0.494 e. The molecular formula is C34H34O2. The number of ether oxygens (including phenoxy) is 2. The van der Waals surface area contributed by atoms with Crippen LogP contribution in [-0.4, -0.2) is 6.61 Å². The van der Waals surface area contributed by atoms with Gasteiger partial charge in [-0.05, 0) is 83.7 Å². The number of rotatable bonds is 10. The molecule has 0 aromatic heterocycles. The van der Waals surface area contributed by atoms with Gasteiger partial charge < -0.3 is 9.47 Å². The van der Waals surface area contributed by atoms with Gasteiger partial charge in [0, 0.05) is 5.92 Å². The zero-order valence-corrected chi connectivity index (χ0v) is 20.8. The van der Waals surface area contributed by atoms with Crippen LogP contribution in [-0.2, 0) is 13.0 Å². The van der Waals surface area contributed by atoms with Crippen LogP contribution in [0.2, 0.25) is 0 Å². The van der Waals surface area contributed by atoms with Crippen LogP contribution < -0.4 is 9.47 Å². The summed E-state index contributed by atoms with van der Waals surface area (Å²) in [5.74, 6) is 2.61. The third-order valence-electron chi connectivity index (χ3n) is 7.11. The Labute approximate surface area is 215 Å². The van der Waals surface area contributed by atoms with E-state index in [9.17, 15) is 0 Å². The van der Waals surface area contributed by atoms with Crippen LogP contribution in [0.25, 0.3) is 0 Å². The highest BCUT2D eigenvalue weighted by atomic mass is 16.5. The summed E-state index contributed by atoms with van der Waals surface area (Å²) in [6.45, 7) is 5.09. The molecule has 0 fully saturated rings. The van der Waals surface area contributed by atoms with Crippen molar-refractivity contribution in [2.75, 3.05) is 6.61 Å². The Morgan fingerprint density at radius 3 is 2.22 bits per heavy atom. The van der Waals surface area contributed by atoms with Crippen molar-refractivity contribution in [1.29, 1.82) is 0 Å². The van der Waals surface area contributed by atoms with Gasteiger partial charge in [-0.3, -0.25) is 0 Å². The van der Waals surface area contributed by atoms with Crippen molar-refractivity contribution in [3.05, 3.63) is 144 Å². The quantitative estimate of drug-likeness (QED) is 0.169. The van der Waals surface area contributed by atoms with Crippen molar-refractivity contribution in [2.45, 2.75) is 44.1 Å². The van der Waals surface area contributed by atoms with E-state index in [-0.39, 0.29) is 0 Å². The molecule has 0 heterocycles. The Morgan fingerprint density at radius 2 is 1.47 bits per heavy atom. The maximum Gasteiger partial charge on any atom is 0.120 e. The van der Waals surface area contributed by atoms with Gasteiger partial charge in [-0.15, -0.1) is 6.58 Å². The Balaban J connectivity index is 1.40. The highest BCUT2D eigenvalue weighted by molar-refractivity contribution is 5.48. The predicted molar refractivity (Wildman–Crippen MR) is 148 cm³/mol. The van der Waals surface area contributed by atoms with Crippen LogP contribution in [0.5, 0.6) is 11.5 Å². The first-order valence-electron chi connectivity index (χ1n) is 13.0. The van der Waals surface area contributed by atoms with Crippen LogP contribution in [0, 0.1) is 0 Å². The lowest BCUT2D eigenvalue weighted by Gasteiger charge is -2.35. The minimum absolute atomic E-state index is 0.300. The van der Waals surface area contributed by atoms with Crippen molar-refractivity contribution in [3.8, 4) is 11.5 Å². The van der Waals surface area contributed by atoms with Crippen LogP contribution in [0.1, 0.15) is 58.9 Å². The van der Waals surface area contributed by atoms with E-state index in [1.165, 1.54) is 27.8 Å². The standard InChI is InChI=1S/C34H34O2/c1-2-3-10-23-35-30-18-15-28(16-19-30)34-32(27-13-8-5-9-14-27)21-17-29-24-31(20-22-33(29)34)36-25-26-11-6-4-7-12-26/h2,4-9,11-16,18-20,22,24,32,34H,1,3,10,17,21,23,25H2/t32-,34+/m1/s1. The first-order chi connectivity index (χ1) is 17.8. The molecule has 2 atom stereocenters. The van der Waals surface area contributed by atoms with Gasteiger partial charge >= 0.3 is 0 Å². The molecule has 0 bridgehead atoms. The number of hydrogen-bond acceptors (Lipinski definition) is 2. The number of fused-ring (bicyclic) bond motifs is 1. The smallest absolute Gasteiger partial charge is 0.120 e. The van der Waals surface area contributed by atoms with Crippen LogP contribution in [0.15, 0.2) is 116 Å². The van der Waals surface area contributed by atoms with Crippen LogP contribution in [0.3, 0.4) is 0 Å². The molecule has 0 saturated carbocycles. The summed E-state index contributed by atoms with van der Waals surface area (Å²) in [6.07, 6.45) is 6.08. The van der Waals surface area contributed by atoms with E-state index in [1.54, 1.807) is 0 Å². The summed E-state index contributed by atoms with van der Waals surface area (Å²) >= 11 is 0. The van der Waals surface area contributed by atoms with E-state index in [2.05, 4.69) is 104 Å². The zero-order chi connectivity index (χ0) is 24.6. The third-order valence-corrected chi connectivity index (χ3v) is 7.11. The monoisotopic (exact) mass is 474 g/mol. The lowest BCUT2D eigenvalue weighted by molar-refractivity contribution is 0.305. The van der Waals surface area contributed by atoms with Gasteiger partial charge in [0.15, 0.2) is 0 Å². The summed E-state index contributed by atoms with van der Waals surface area (Å²) < 4.78 is 12.1. The van der Waals surface area contributed by atoms with Crippen molar-refractivity contribution >= 4 is 0 Å². The largest absolute Gasteiger partial charge is 0.494 e.